The summed E-state index contributed by atoms with van der Waals surface area (Å²) in [5.41, 5.74) is 0.248. The number of rotatable bonds is 6. The van der Waals surface area contributed by atoms with Gasteiger partial charge in [0.15, 0.2) is 0 Å². The lowest BCUT2D eigenvalue weighted by molar-refractivity contribution is -0.174. The highest BCUT2D eigenvalue weighted by Gasteiger charge is 2.32. The van der Waals surface area contributed by atoms with Crippen molar-refractivity contribution >= 4 is 21.6 Å². The average molecular weight is 410 g/mol. The minimum atomic E-state index is -4.51. The van der Waals surface area contributed by atoms with Crippen molar-refractivity contribution in [3.63, 3.8) is 0 Å². The number of hydrogen-bond acceptors (Lipinski definition) is 5. The van der Waals surface area contributed by atoms with E-state index in [0.717, 1.165) is 0 Å². The van der Waals surface area contributed by atoms with Crippen LogP contribution in [0.2, 0.25) is 0 Å². The molecule has 11 heteroatoms. The number of hydrogen-bond donors (Lipinski definition) is 1. The Hall–Kier alpha value is -1.69. The quantitative estimate of drug-likeness (QED) is 0.776. The Bertz CT molecular complexity index is 742. The van der Waals surface area contributed by atoms with Gasteiger partial charge in [-0.05, 0) is 38.1 Å². The van der Waals surface area contributed by atoms with Gasteiger partial charge in [-0.1, -0.05) is 0 Å². The van der Waals surface area contributed by atoms with Crippen LogP contribution in [0.1, 0.15) is 13.8 Å². The Morgan fingerprint density at radius 2 is 1.78 bits per heavy atom. The number of ether oxygens (including phenoxy) is 2. The summed E-state index contributed by atoms with van der Waals surface area (Å²) < 4.78 is 72.4. The first-order valence-electron chi connectivity index (χ1n) is 8.17. The fourth-order valence-electron chi connectivity index (χ4n) is 2.64. The molecule has 0 spiro atoms. The summed E-state index contributed by atoms with van der Waals surface area (Å²) in [5, 5.41) is 2.34. The minimum Gasteiger partial charge on any atom is -0.373 e. The van der Waals surface area contributed by atoms with E-state index in [4.69, 9.17) is 4.74 Å². The van der Waals surface area contributed by atoms with Crippen LogP contribution in [0.5, 0.6) is 0 Å². The summed E-state index contributed by atoms with van der Waals surface area (Å²) in [6.45, 7) is 1.77. The molecule has 1 saturated heterocycles. The van der Waals surface area contributed by atoms with Crippen molar-refractivity contribution in [2.75, 3.05) is 31.6 Å². The van der Waals surface area contributed by atoms with Crippen LogP contribution >= 0.6 is 0 Å². The molecular formula is C16H21F3N2O5S. The Balaban J connectivity index is 1.97. The number of carbonyl (C=O) groups is 1. The molecule has 1 aliphatic rings. The monoisotopic (exact) mass is 410 g/mol. The molecule has 0 aliphatic carbocycles. The summed E-state index contributed by atoms with van der Waals surface area (Å²) in [7, 11) is -3.71. The van der Waals surface area contributed by atoms with Crippen molar-refractivity contribution in [3.05, 3.63) is 24.3 Å². The summed E-state index contributed by atoms with van der Waals surface area (Å²) in [6.07, 6.45) is -4.96. The zero-order valence-corrected chi connectivity index (χ0v) is 15.6. The van der Waals surface area contributed by atoms with E-state index in [2.05, 4.69) is 10.1 Å². The third kappa shape index (κ3) is 6.45. The number of nitrogens with zero attached hydrogens (tertiary/aromatic N) is 1. The van der Waals surface area contributed by atoms with Gasteiger partial charge < -0.3 is 14.8 Å². The van der Waals surface area contributed by atoms with E-state index in [0.29, 0.717) is 0 Å². The molecule has 27 heavy (non-hydrogen) atoms. The number of sulfonamides is 1. The smallest absolute Gasteiger partial charge is 0.373 e. The molecule has 0 unspecified atom stereocenters. The molecule has 2 rings (SSSR count). The lowest BCUT2D eigenvalue weighted by Crippen LogP contribution is -2.48. The maximum absolute atomic E-state index is 12.7. The van der Waals surface area contributed by atoms with Gasteiger partial charge in [0.25, 0.3) is 0 Å². The first-order chi connectivity index (χ1) is 12.5. The third-order valence-corrected chi connectivity index (χ3v) is 5.51. The van der Waals surface area contributed by atoms with Gasteiger partial charge >= 0.3 is 6.18 Å². The van der Waals surface area contributed by atoms with Crippen molar-refractivity contribution in [3.8, 4) is 0 Å². The summed E-state index contributed by atoms with van der Waals surface area (Å²) in [6, 6.07) is 5.38. The lowest BCUT2D eigenvalue weighted by atomic mass is 10.3. The van der Waals surface area contributed by atoms with Crippen LogP contribution in [0.15, 0.2) is 29.2 Å². The van der Waals surface area contributed by atoms with Crippen molar-refractivity contribution in [2.24, 2.45) is 0 Å². The Kier molecular flexibility index (Phi) is 6.84. The van der Waals surface area contributed by atoms with E-state index < -0.39 is 35.3 Å². The number of morpholine rings is 1. The predicted molar refractivity (Wildman–Crippen MR) is 90.7 cm³/mol. The van der Waals surface area contributed by atoms with E-state index in [-0.39, 0.29) is 35.9 Å². The van der Waals surface area contributed by atoms with E-state index in [9.17, 15) is 26.4 Å². The van der Waals surface area contributed by atoms with Crippen LogP contribution < -0.4 is 5.32 Å². The maximum Gasteiger partial charge on any atom is 0.411 e. The molecule has 1 N–H and O–H groups in total. The van der Waals surface area contributed by atoms with Crippen LogP contribution in [0.25, 0.3) is 0 Å². The van der Waals surface area contributed by atoms with Gasteiger partial charge in [-0.3, -0.25) is 4.79 Å². The number of halogens is 3. The fourth-order valence-corrected chi connectivity index (χ4v) is 4.23. The Morgan fingerprint density at radius 1 is 1.22 bits per heavy atom. The largest absolute Gasteiger partial charge is 0.411 e. The van der Waals surface area contributed by atoms with E-state index >= 15 is 0 Å². The highest BCUT2D eigenvalue weighted by molar-refractivity contribution is 7.89. The molecule has 1 heterocycles. The second-order valence-electron chi connectivity index (χ2n) is 6.26. The minimum absolute atomic E-state index is 0.0510. The number of anilines is 1. The molecule has 0 aromatic heterocycles. The Labute approximate surface area is 155 Å². The molecule has 0 saturated carbocycles. The third-order valence-electron chi connectivity index (χ3n) is 3.66. The standard InChI is InChI=1S/C16H21F3N2O5S/c1-11-7-21(8-12(2)26-11)27(23,24)14-5-3-13(4-6-14)20-15(22)9-25-10-16(17,18)19/h3-6,11-12H,7-10H2,1-2H3,(H,20,22)/t11-,12-/m1/s1. The fraction of sp³-hybridized carbons (Fsp3) is 0.562. The van der Waals surface area contributed by atoms with Crippen molar-refractivity contribution < 1.29 is 35.9 Å². The first kappa shape index (κ1) is 21.6. The molecule has 2 atom stereocenters. The van der Waals surface area contributed by atoms with Crippen LogP contribution in [-0.4, -0.2) is 63.3 Å². The highest BCUT2D eigenvalue weighted by atomic mass is 32.2. The van der Waals surface area contributed by atoms with Crippen molar-refractivity contribution in [2.45, 2.75) is 37.1 Å². The number of alkyl halides is 3. The molecule has 1 aliphatic heterocycles. The summed E-state index contributed by atoms with van der Waals surface area (Å²) in [4.78, 5) is 11.6. The molecule has 1 fully saturated rings. The Morgan fingerprint density at radius 3 is 2.30 bits per heavy atom. The normalized spacial score (nSPS) is 21.8. The molecule has 0 bridgehead atoms. The van der Waals surface area contributed by atoms with E-state index in [1.807, 2.05) is 0 Å². The number of amides is 1. The van der Waals surface area contributed by atoms with Gasteiger partial charge in [0.05, 0.1) is 17.1 Å². The van der Waals surface area contributed by atoms with Gasteiger partial charge in [0.2, 0.25) is 15.9 Å². The second-order valence-corrected chi connectivity index (χ2v) is 8.20. The van der Waals surface area contributed by atoms with Gasteiger partial charge in [-0.2, -0.15) is 17.5 Å². The van der Waals surface area contributed by atoms with E-state index in [1.54, 1.807) is 13.8 Å². The van der Waals surface area contributed by atoms with Crippen molar-refractivity contribution in [1.82, 2.24) is 4.31 Å². The molecular weight excluding hydrogens is 389 g/mol. The van der Waals surface area contributed by atoms with Gasteiger partial charge in [0, 0.05) is 18.8 Å². The number of benzene rings is 1. The lowest BCUT2D eigenvalue weighted by Gasteiger charge is -2.34. The van der Waals surface area contributed by atoms with E-state index in [1.165, 1.54) is 28.6 Å². The molecule has 0 radical (unpaired) electrons. The van der Waals surface area contributed by atoms with Gasteiger partial charge in [0.1, 0.15) is 13.2 Å². The summed E-state index contributed by atoms with van der Waals surface area (Å²) in [5.74, 6) is -0.773. The van der Waals surface area contributed by atoms with Crippen LogP contribution in [0.4, 0.5) is 18.9 Å². The first-order valence-corrected chi connectivity index (χ1v) is 9.61. The molecule has 152 valence electrons. The van der Waals surface area contributed by atoms with Crippen LogP contribution in [0.3, 0.4) is 0 Å². The van der Waals surface area contributed by atoms with Crippen LogP contribution in [0, 0.1) is 0 Å². The number of nitrogens with one attached hydrogen (secondary N) is 1. The van der Waals surface area contributed by atoms with Gasteiger partial charge in [-0.25, -0.2) is 8.42 Å². The topological polar surface area (TPSA) is 84.9 Å². The summed E-state index contributed by atoms with van der Waals surface area (Å²) >= 11 is 0. The molecule has 1 amide bonds. The van der Waals surface area contributed by atoms with Crippen LogP contribution in [-0.2, 0) is 24.3 Å². The average Bonchev–Trinajstić information content (AvgIpc) is 2.53. The maximum atomic E-state index is 12.7. The zero-order valence-electron chi connectivity index (χ0n) is 14.8. The second kappa shape index (κ2) is 8.55. The van der Waals surface area contributed by atoms with Crippen molar-refractivity contribution in [1.29, 1.82) is 0 Å². The highest BCUT2D eigenvalue weighted by Crippen LogP contribution is 2.22. The SMILES string of the molecule is C[C@@H]1CN(S(=O)(=O)c2ccc(NC(=O)COCC(F)(F)F)cc2)C[C@@H](C)O1. The molecule has 1 aromatic carbocycles. The zero-order chi connectivity index (χ0) is 20.2. The molecule has 7 nitrogen and oxygen atoms in total. The van der Waals surface area contributed by atoms with Gasteiger partial charge in [-0.15, -0.1) is 0 Å². The predicted octanol–water partition coefficient (Wildman–Crippen LogP) is 2.00. The molecule has 1 aromatic rings. The number of carbonyl (C=O) groups excluding carboxylic acids is 1.